The summed E-state index contributed by atoms with van der Waals surface area (Å²) in [6.07, 6.45) is -4.00. The van der Waals surface area contributed by atoms with Gasteiger partial charge in [0.25, 0.3) is 0 Å². The van der Waals surface area contributed by atoms with Crippen LogP contribution < -0.4 is 16.4 Å². The number of nitrogens with one attached hydrogen (secondary N) is 2. The standard InChI is InChI=1S/C20H27F2N5O4S2.C2HF3O2/c1-31-11-7-24-8-12-33(29,30)27-9-5-13(6-10-27)25-20-26-19(23)18(32-20)17(28)16-14(21)3-2-4-15(16)22;3-2(4,5)1(6)7/h2-4,13,24H,5-12,23H2,1H3,(H,25,26);(H,6,7). The first-order valence-corrected chi connectivity index (χ1v) is 14.1. The highest BCUT2D eigenvalue weighted by Gasteiger charge is 2.38. The third kappa shape index (κ3) is 9.61. The number of methoxy groups -OCH3 is 1. The molecule has 0 unspecified atom stereocenters. The number of nitrogens with zero attached hydrogens (tertiary/aromatic N) is 2. The number of ether oxygens (including phenoxy) is 1. The number of carbonyl (C=O) groups is 2. The summed E-state index contributed by atoms with van der Waals surface area (Å²) in [4.78, 5) is 25.6. The molecule has 0 atom stereocenters. The minimum atomic E-state index is -5.08. The summed E-state index contributed by atoms with van der Waals surface area (Å²) in [7, 11) is -1.78. The van der Waals surface area contributed by atoms with E-state index < -0.39 is 45.2 Å². The molecule has 0 radical (unpaired) electrons. The molecular formula is C22H28F5N5O6S2. The van der Waals surface area contributed by atoms with Crippen molar-refractivity contribution in [1.29, 1.82) is 0 Å². The molecule has 1 aliphatic rings. The summed E-state index contributed by atoms with van der Waals surface area (Å²) in [5.41, 5.74) is 5.16. The zero-order valence-electron chi connectivity index (χ0n) is 21.1. The number of nitrogen functional groups attached to an aromatic ring is 1. The van der Waals surface area contributed by atoms with Crippen LogP contribution >= 0.6 is 11.3 Å². The van der Waals surface area contributed by atoms with Gasteiger partial charge in [-0.3, -0.25) is 4.79 Å². The number of thiazole rings is 1. The molecule has 1 fully saturated rings. The summed E-state index contributed by atoms with van der Waals surface area (Å²) in [5.74, 6) is -5.66. The first kappa shape index (κ1) is 33.3. The number of nitrogens with two attached hydrogens (primary N) is 1. The lowest BCUT2D eigenvalue weighted by atomic mass is 10.1. The lowest BCUT2D eigenvalue weighted by Crippen LogP contribution is -2.44. The van der Waals surface area contributed by atoms with E-state index in [1.807, 2.05) is 0 Å². The molecule has 0 amide bonds. The van der Waals surface area contributed by atoms with Crippen molar-refractivity contribution in [3.63, 3.8) is 0 Å². The largest absolute Gasteiger partial charge is 0.490 e. The van der Waals surface area contributed by atoms with Gasteiger partial charge in [0.2, 0.25) is 15.8 Å². The van der Waals surface area contributed by atoms with Gasteiger partial charge < -0.3 is 26.2 Å². The van der Waals surface area contributed by atoms with Gasteiger partial charge in [0.15, 0.2) is 5.13 Å². The molecule has 0 spiro atoms. The predicted octanol–water partition coefficient (Wildman–Crippen LogP) is 2.31. The second kappa shape index (κ2) is 14.6. The van der Waals surface area contributed by atoms with E-state index in [0.717, 1.165) is 23.5 Å². The van der Waals surface area contributed by atoms with Crippen molar-refractivity contribution >= 4 is 44.1 Å². The Balaban J connectivity index is 0.000000708. The second-order valence-corrected chi connectivity index (χ2v) is 11.4. The Morgan fingerprint density at radius 3 is 2.30 bits per heavy atom. The van der Waals surface area contributed by atoms with Crippen molar-refractivity contribution < 1.29 is 49.8 Å². The Labute approximate surface area is 230 Å². The lowest BCUT2D eigenvalue weighted by Gasteiger charge is -2.31. The van der Waals surface area contributed by atoms with Gasteiger partial charge in [0.1, 0.15) is 22.3 Å². The number of ketones is 1. The highest BCUT2D eigenvalue weighted by molar-refractivity contribution is 7.89. The first-order chi connectivity index (χ1) is 18.7. The first-order valence-electron chi connectivity index (χ1n) is 11.7. The number of rotatable bonds is 11. The maximum absolute atomic E-state index is 14.0. The Morgan fingerprint density at radius 2 is 1.77 bits per heavy atom. The number of anilines is 2. The van der Waals surface area contributed by atoms with Crippen molar-refractivity contribution in [2.75, 3.05) is 56.7 Å². The molecule has 5 N–H and O–H groups in total. The molecule has 2 heterocycles. The summed E-state index contributed by atoms with van der Waals surface area (Å²) in [6.45, 7) is 2.15. The Kier molecular flexibility index (Phi) is 12.2. The third-order valence-electron chi connectivity index (χ3n) is 5.49. The van der Waals surface area contributed by atoms with Gasteiger partial charge in [0.05, 0.1) is 17.9 Å². The third-order valence-corrected chi connectivity index (χ3v) is 8.36. The molecule has 0 bridgehead atoms. The number of sulfonamides is 1. The number of aromatic nitrogens is 1. The van der Waals surface area contributed by atoms with Gasteiger partial charge >= 0.3 is 12.1 Å². The van der Waals surface area contributed by atoms with Crippen LogP contribution in [0.1, 0.15) is 28.1 Å². The smallest absolute Gasteiger partial charge is 0.475 e. The van der Waals surface area contributed by atoms with Crippen LogP contribution in [0.2, 0.25) is 0 Å². The zero-order chi connectivity index (χ0) is 30.1. The topological polar surface area (TPSA) is 164 Å². The van der Waals surface area contributed by atoms with Crippen molar-refractivity contribution in [1.82, 2.24) is 14.6 Å². The number of benzene rings is 1. The van der Waals surface area contributed by atoms with Crippen LogP contribution in [-0.2, 0) is 19.6 Å². The van der Waals surface area contributed by atoms with Crippen LogP contribution in [0.4, 0.5) is 32.9 Å². The molecule has 1 aliphatic heterocycles. The number of hydrogen-bond donors (Lipinski definition) is 4. The van der Waals surface area contributed by atoms with Crippen LogP contribution in [0.25, 0.3) is 0 Å². The fourth-order valence-corrected chi connectivity index (χ4v) is 5.80. The number of carbonyl (C=O) groups excluding carboxylic acids is 1. The summed E-state index contributed by atoms with van der Waals surface area (Å²) in [5, 5.41) is 13.6. The summed E-state index contributed by atoms with van der Waals surface area (Å²) >= 11 is 0.917. The maximum atomic E-state index is 14.0. The number of piperidine rings is 1. The maximum Gasteiger partial charge on any atom is 0.490 e. The van der Waals surface area contributed by atoms with E-state index in [0.29, 0.717) is 50.8 Å². The normalized spacial score (nSPS) is 14.8. The number of aliphatic carboxylic acids is 1. The number of carboxylic acid groups (broad SMARTS) is 1. The van der Waals surface area contributed by atoms with Gasteiger partial charge in [-0.05, 0) is 25.0 Å². The van der Waals surface area contributed by atoms with E-state index in [-0.39, 0.29) is 22.5 Å². The molecule has 3 rings (SSSR count). The van der Waals surface area contributed by atoms with Crippen LogP contribution in [0, 0.1) is 11.6 Å². The minimum absolute atomic E-state index is 0.00982. The van der Waals surface area contributed by atoms with E-state index in [9.17, 15) is 35.2 Å². The number of halogens is 5. The second-order valence-electron chi connectivity index (χ2n) is 8.34. The van der Waals surface area contributed by atoms with Gasteiger partial charge in [-0.25, -0.2) is 31.3 Å². The van der Waals surface area contributed by atoms with E-state index in [2.05, 4.69) is 15.6 Å². The highest BCUT2D eigenvalue weighted by Crippen LogP contribution is 2.30. The molecule has 0 saturated carbocycles. The average Bonchev–Trinajstić information content (AvgIpc) is 3.23. The van der Waals surface area contributed by atoms with Crippen molar-refractivity contribution in [2.45, 2.75) is 25.1 Å². The SMILES string of the molecule is COCCNCCS(=O)(=O)N1CCC(Nc2nc(N)c(C(=O)c3c(F)cccc3F)s2)CC1.O=C(O)C(F)(F)F. The molecule has 0 aliphatic carbocycles. The average molecular weight is 618 g/mol. The fourth-order valence-electron chi connectivity index (χ4n) is 3.47. The molecular weight excluding hydrogens is 589 g/mol. The fraction of sp³-hybridized carbons (Fsp3) is 0.500. The molecule has 2 aromatic rings. The number of hydrogen-bond acceptors (Lipinski definition) is 10. The van der Waals surface area contributed by atoms with Gasteiger partial charge in [-0.2, -0.15) is 13.2 Å². The molecule has 11 nitrogen and oxygen atoms in total. The highest BCUT2D eigenvalue weighted by atomic mass is 32.2. The molecule has 1 aromatic carbocycles. The van der Waals surface area contributed by atoms with Gasteiger partial charge in [-0.1, -0.05) is 17.4 Å². The van der Waals surface area contributed by atoms with E-state index >= 15 is 0 Å². The Morgan fingerprint density at radius 1 is 1.20 bits per heavy atom. The monoisotopic (exact) mass is 617 g/mol. The van der Waals surface area contributed by atoms with E-state index in [4.69, 9.17) is 20.4 Å². The molecule has 224 valence electrons. The predicted molar refractivity (Wildman–Crippen MR) is 137 cm³/mol. The van der Waals surface area contributed by atoms with Crippen LogP contribution in [0.3, 0.4) is 0 Å². The Bertz CT molecular complexity index is 1250. The van der Waals surface area contributed by atoms with E-state index in [1.165, 1.54) is 10.4 Å². The van der Waals surface area contributed by atoms with Crippen LogP contribution in [-0.4, -0.2) is 92.4 Å². The van der Waals surface area contributed by atoms with Crippen molar-refractivity contribution in [2.24, 2.45) is 0 Å². The molecule has 1 aromatic heterocycles. The quantitative estimate of drug-likeness (QED) is 0.167. The number of carboxylic acids is 1. The zero-order valence-corrected chi connectivity index (χ0v) is 22.8. The summed E-state index contributed by atoms with van der Waals surface area (Å²) in [6, 6.07) is 3.11. The number of alkyl halides is 3. The van der Waals surface area contributed by atoms with Gasteiger partial charge in [0, 0.05) is 39.3 Å². The Hall–Kier alpha value is -2.93. The summed E-state index contributed by atoms with van der Waals surface area (Å²) < 4.78 is 91.1. The van der Waals surface area contributed by atoms with Crippen molar-refractivity contribution in [3.05, 3.63) is 40.3 Å². The minimum Gasteiger partial charge on any atom is -0.475 e. The molecule has 40 heavy (non-hydrogen) atoms. The lowest BCUT2D eigenvalue weighted by molar-refractivity contribution is -0.192. The van der Waals surface area contributed by atoms with E-state index in [1.54, 1.807) is 7.11 Å². The molecule has 18 heteroatoms. The molecule has 1 saturated heterocycles. The van der Waals surface area contributed by atoms with Gasteiger partial charge in [-0.15, -0.1) is 0 Å². The van der Waals surface area contributed by atoms with Crippen LogP contribution in [0.5, 0.6) is 0 Å². The van der Waals surface area contributed by atoms with Crippen LogP contribution in [0.15, 0.2) is 18.2 Å². The van der Waals surface area contributed by atoms with Crippen molar-refractivity contribution in [3.8, 4) is 0 Å².